The molecule has 1 fully saturated rings. The van der Waals surface area contributed by atoms with Crippen LogP contribution < -0.4 is 9.64 Å². The maximum atomic E-state index is 13.7. The second kappa shape index (κ2) is 11.9. The molecule has 1 aromatic carbocycles. The fourth-order valence-corrected chi connectivity index (χ4v) is 5.94. The Morgan fingerprint density at radius 2 is 1.93 bits per heavy atom. The lowest BCUT2D eigenvalue weighted by Crippen LogP contribution is -2.47. The second-order valence-electron chi connectivity index (χ2n) is 12.5. The number of aromatic amines is 1. The summed E-state index contributed by atoms with van der Waals surface area (Å²) in [6.07, 6.45) is 7.37. The Morgan fingerprint density at radius 3 is 2.64 bits per heavy atom. The molecule has 1 aliphatic carbocycles. The van der Waals surface area contributed by atoms with E-state index < -0.39 is 11.9 Å². The number of benzene rings is 1. The quantitative estimate of drug-likeness (QED) is 0.240. The maximum absolute atomic E-state index is 13.7. The van der Waals surface area contributed by atoms with Crippen LogP contribution in [0, 0.1) is 5.41 Å². The van der Waals surface area contributed by atoms with Gasteiger partial charge in [0.2, 0.25) is 0 Å². The van der Waals surface area contributed by atoms with E-state index in [2.05, 4.69) is 40.2 Å². The summed E-state index contributed by atoms with van der Waals surface area (Å²) in [5, 5.41) is 10.6. The monoisotopic (exact) mass is 578 g/mol. The number of H-pyrrole nitrogens is 1. The summed E-state index contributed by atoms with van der Waals surface area (Å²) in [6.45, 7) is 13.2. The number of allylic oxidation sites excluding steroid dienone is 2. The molecule has 3 aromatic rings. The molecule has 1 saturated heterocycles. The minimum atomic E-state index is -2.85. The van der Waals surface area contributed by atoms with Gasteiger partial charge in [-0.2, -0.15) is 0 Å². The van der Waals surface area contributed by atoms with Crippen LogP contribution in [0.25, 0.3) is 11.0 Å². The molecule has 0 spiro atoms. The first-order valence-corrected chi connectivity index (χ1v) is 14.6. The number of anilines is 1. The summed E-state index contributed by atoms with van der Waals surface area (Å²) in [5.41, 5.74) is 4.63. The molecule has 42 heavy (non-hydrogen) atoms. The van der Waals surface area contributed by atoms with Crippen molar-refractivity contribution in [3.8, 4) is 11.5 Å². The van der Waals surface area contributed by atoms with Gasteiger partial charge in [-0.1, -0.05) is 31.6 Å². The van der Waals surface area contributed by atoms with Crippen LogP contribution in [0.5, 0.6) is 11.5 Å². The van der Waals surface area contributed by atoms with Gasteiger partial charge >= 0.3 is 5.97 Å². The SMILES string of the molecule is C=C(CCC1=C(CN2CCN(c3ccc(C(=O)O)c(Oc4cnc5[nH]ccc5c4)c3)CC2)CCC(C)(C)C1)C(C)(F)F. The number of piperazine rings is 1. The fraction of sp³-hybridized carbons (Fsp3) is 0.455. The molecule has 0 bridgehead atoms. The second-order valence-corrected chi connectivity index (χ2v) is 12.5. The average molecular weight is 579 g/mol. The Balaban J connectivity index is 1.26. The molecule has 2 N–H and O–H groups in total. The summed E-state index contributed by atoms with van der Waals surface area (Å²) in [7, 11) is 0. The van der Waals surface area contributed by atoms with Gasteiger partial charge in [-0.25, -0.2) is 18.6 Å². The standard InChI is InChI=1S/C33H40F2N4O3/c1-22(33(4,34)35)5-6-24-19-32(2,3)11-9-25(24)21-38-13-15-39(16-14-38)26-7-8-28(31(40)41)29(18-26)42-27-17-23-10-12-36-30(23)37-20-27/h7-8,10,12,17-18,20H,1,5-6,9,11,13-16,19,21H2,2-4H3,(H,36,37)(H,40,41). The number of carboxylic acids is 1. The number of nitrogens with zero attached hydrogens (tertiary/aromatic N) is 3. The topological polar surface area (TPSA) is 81.7 Å². The smallest absolute Gasteiger partial charge is 0.339 e. The number of halogens is 2. The van der Waals surface area contributed by atoms with Crippen LogP contribution in [0.15, 0.2) is 66.0 Å². The molecule has 2 aromatic heterocycles. The summed E-state index contributed by atoms with van der Waals surface area (Å²) >= 11 is 0. The van der Waals surface area contributed by atoms with Gasteiger partial charge in [0, 0.05) is 63.0 Å². The molecule has 0 radical (unpaired) electrons. The fourth-order valence-electron chi connectivity index (χ4n) is 5.94. The van der Waals surface area contributed by atoms with Gasteiger partial charge in [0.05, 0.1) is 6.20 Å². The molecule has 3 heterocycles. The van der Waals surface area contributed by atoms with E-state index in [-0.39, 0.29) is 22.3 Å². The van der Waals surface area contributed by atoms with E-state index in [9.17, 15) is 18.7 Å². The highest BCUT2D eigenvalue weighted by molar-refractivity contribution is 5.92. The van der Waals surface area contributed by atoms with Crippen molar-refractivity contribution >= 4 is 22.7 Å². The van der Waals surface area contributed by atoms with E-state index in [0.717, 1.165) is 75.6 Å². The van der Waals surface area contributed by atoms with Crippen molar-refractivity contribution in [3.05, 3.63) is 71.6 Å². The van der Waals surface area contributed by atoms with E-state index in [4.69, 9.17) is 4.74 Å². The van der Waals surface area contributed by atoms with Crippen molar-refractivity contribution in [3.63, 3.8) is 0 Å². The van der Waals surface area contributed by atoms with Crippen molar-refractivity contribution in [2.75, 3.05) is 37.6 Å². The van der Waals surface area contributed by atoms with Crippen molar-refractivity contribution in [1.29, 1.82) is 0 Å². The van der Waals surface area contributed by atoms with Crippen LogP contribution in [0.3, 0.4) is 0 Å². The number of hydrogen-bond acceptors (Lipinski definition) is 5. The first-order chi connectivity index (χ1) is 19.9. The third-order valence-electron chi connectivity index (χ3n) is 8.60. The number of hydrogen-bond donors (Lipinski definition) is 2. The Morgan fingerprint density at radius 1 is 1.17 bits per heavy atom. The average Bonchev–Trinajstić information content (AvgIpc) is 3.40. The molecule has 0 atom stereocenters. The minimum Gasteiger partial charge on any atom is -0.478 e. The van der Waals surface area contributed by atoms with Crippen LogP contribution in [0.2, 0.25) is 0 Å². The molecule has 2 aliphatic rings. The lowest BCUT2D eigenvalue weighted by atomic mass is 9.73. The van der Waals surface area contributed by atoms with E-state index in [0.29, 0.717) is 18.6 Å². The number of pyridine rings is 1. The van der Waals surface area contributed by atoms with Gasteiger partial charge in [-0.05, 0) is 67.4 Å². The highest BCUT2D eigenvalue weighted by atomic mass is 19.3. The van der Waals surface area contributed by atoms with Gasteiger partial charge < -0.3 is 19.7 Å². The van der Waals surface area contributed by atoms with Gasteiger partial charge in [-0.15, -0.1) is 0 Å². The highest BCUT2D eigenvalue weighted by Gasteiger charge is 2.30. The normalized spacial score (nSPS) is 18.0. The van der Waals surface area contributed by atoms with E-state index >= 15 is 0 Å². The Kier molecular flexibility index (Phi) is 8.42. The van der Waals surface area contributed by atoms with Gasteiger partial charge in [0.1, 0.15) is 22.7 Å². The van der Waals surface area contributed by atoms with Crippen molar-refractivity contribution < 1.29 is 23.4 Å². The van der Waals surface area contributed by atoms with Gasteiger partial charge in [-0.3, -0.25) is 4.90 Å². The van der Waals surface area contributed by atoms with Crippen LogP contribution in [-0.4, -0.2) is 64.6 Å². The van der Waals surface area contributed by atoms with E-state index in [1.807, 2.05) is 18.2 Å². The van der Waals surface area contributed by atoms with Gasteiger partial charge in [0.15, 0.2) is 0 Å². The van der Waals surface area contributed by atoms with Crippen LogP contribution in [-0.2, 0) is 0 Å². The third-order valence-corrected chi connectivity index (χ3v) is 8.60. The number of alkyl halides is 2. The van der Waals surface area contributed by atoms with E-state index in [1.165, 1.54) is 11.1 Å². The summed E-state index contributed by atoms with van der Waals surface area (Å²) in [4.78, 5) is 24.0. The number of aromatic nitrogens is 2. The minimum absolute atomic E-state index is 0.00453. The van der Waals surface area contributed by atoms with Crippen molar-refractivity contribution in [1.82, 2.24) is 14.9 Å². The number of carboxylic acid groups (broad SMARTS) is 1. The van der Waals surface area contributed by atoms with Crippen LogP contribution in [0.1, 0.15) is 63.2 Å². The molecule has 7 nitrogen and oxygen atoms in total. The number of ether oxygens (including phenoxy) is 1. The Bertz CT molecular complexity index is 1500. The molecular formula is C33H40F2N4O3. The number of nitrogens with one attached hydrogen (secondary N) is 1. The molecule has 1 aliphatic heterocycles. The molecular weight excluding hydrogens is 538 g/mol. The first-order valence-electron chi connectivity index (χ1n) is 14.6. The molecule has 0 unspecified atom stereocenters. The predicted octanol–water partition coefficient (Wildman–Crippen LogP) is 7.67. The molecule has 0 saturated carbocycles. The Labute approximate surface area is 245 Å². The number of aromatic carboxylic acids is 1. The Hall–Kier alpha value is -3.72. The van der Waals surface area contributed by atoms with Crippen molar-refractivity contribution in [2.45, 2.75) is 58.8 Å². The highest BCUT2D eigenvalue weighted by Crippen LogP contribution is 2.42. The van der Waals surface area contributed by atoms with Crippen LogP contribution in [0.4, 0.5) is 14.5 Å². The lowest BCUT2D eigenvalue weighted by Gasteiger charge is -2.39. The van der Waals surface area contributed by atoms with Crippen LogP contribution >= 0.6 is 0 Å². The lowest BCUT2D eigenvalue weighted by molar-refractivity contribution is 0.0600. The zero-order valence-electron chi connectivity index (χ0n) is 24.7. The summed E-state index contributed by atoms with van der Waals surface area (Å²) in [6, 6.07) is 8.93. The zero-order chi connectivity index (χ0) is 30.1. The number of carbonyl (C=O) groups is 1. The zero-order valence-corrected chi connectivity index (χ0v) is 24.7. The maximum Gasteiger partial charge on any atom is 0.339 e. The molecule has 9 heteroatoms. The molecule has 224 valence electrons. The van der Waals surface area contributed by atoms with Crippen molar-refractivity contribution in [2.24, 2.45) is 5.41 Å². The molecule has 0 amide bonds. The number of rotatable bonds is 10. The molecule has 5 rings (SSSR count). The summed E-state index contributed by atoms with van der Waals surface area (Å²) < 4.78 is 33.5. The van der Waals surface area contributed by atoms with Gasteiger partial charge in [0.25, 0.3) is 5.92 Å². The summed E-state index contributed by atoms with van der Waals surface area (Å²) in [5.74, 6) is -3.15. The third kappa shape index (κ3) is 7.01. The predicted molar refractivity (Wildman–Crippen MR) is 162 cm³/mol. The van der Waals surface area contributed by atoms with E-state index in [1.54, 1.807) is 24.5 Å². The number of fused-ring (bicyclic) bond motifs is 1. The largest absolute Gasteiger partial charge is 0.478 e. The first kappa shape index (κ1) is 29.8.